The van der Waals surface area contributed by atoms with Gasteiger partial charge in [-0.25, -0.2) is 4.79 Å². The Bertz CT molecular complexity index is 823. The van der Waals surface area contributed by atoms with Gasteiger partial charge in [0.05, 0.1) is 6.61 Å². The van der Waals surface area contributed by atoms with E-state index in [0.717, 1.165) is 11.1 Å². The molecule has 3 rings (SSSR count). The number of carbonyl (C=O) groups is 2. The lowest BCUT2D eigenvalue weighted by Crippen LogP contribution is -2.48. The van der Waals surface area contributed by atoms with Crippen LogP contribution in [0.25, 0.3) is 0 Å². The van der Waals surface area contributed by atoms with Crippen LogP contribution >= 0.6 is 0 Å². The van der Waals surface area contributed by atoms with Crippen molar-refractivity contribution >= 4 is 17.7 Å². The fraction of sp³-hybridized carbons (Fsp3) is 0.609. The van der Waals surface area contributed by atoms with Gasteiger partial charge in [-0.05, 0) is 38.8 Å². The molecule has 0 bridgehead atoms. The van der Waals surface area contributed by atoms with Crippen LogP contribution in [0.2, 0.25) is 0 Å². The molecule has 0 atom stereocenters. The Balaban J connectivity index is 1.49. The van der Waals surface area contributed by atoms with Crippen LogP contribution in [0.15, 0.2) is 29.4 Å². The molecule has 0 unspecified atom stereocenters. The lowest BCUT2D eigenvalue weighted by molar-refractivity contribution is -0.115. The van der Waals surface area contributed by atoms with Crippen LogP contribution in [-0.2, 0) is 32.3 Å². The third-order valence-corrected chi connectivity index (χ3v) is 5.45. The summed E-state index contributed by atoms with van der Waals surface area (Å²) >= 11 is 0. The minimum absolute atomic E-state index is 0.224. The van der Waals surface area contributed by atoms with Crippen LogP contribution < -0.4 is 5.32 Å². The molecular formula is C23H33N3O5. The third-order valence-electron chi connectivity index (χ3n) is 5.45. The Morgan fingerprint density at radius 3 is 2.52 bits per heavy atom. The first-order valence-electron chi connectivity index (χ1n) is 10.9. The second-order valence-electron chi connectivity index (χ2n) is 9.04. The number of hydrogen-bond donors (Lipinski definition) is 1. The van der Waals surface area contributed by atoms with Crippen molar-refractivity contribution in [3.63, 3.8) is 0 Å². The summed E-state index contributed by atoms with van der Waals surface area (Å²) in [7, 11) is 0. The molecule has 2 amide bonds. The smallest absolute Gasteiger partial charge is 0.410 e. The van der Waals surface area contributed by atoms with E-state index in [-0.39, 0.29) is 12.0 Å². The summed E-state index contributed by atoms with van der Waals surface area (Å²) in [6, 6.07) is 7.89. The van der Waals surface area contributed by atoms with E-state index < -0.39 is 11.2 Å². The minimum Gasteiger partial charge on any atom is -0.444 e. The van der Waals surface area contributed by atoms with Gasteiger partial charge in [-0.1, -0.05) is 29.4 Å². The standard InChI is InChI=1S/C23H33N3O5/c1-5-29-16-18-9-7-6-8-17(18)15-24-20(27)19-14-23(31-25-19)10-12-26(13-11-23)21(28)30-22(2,3)4/h6-9H,5,10-16H2,1-4H3,(H,24,27). The maximum absolute atomic E-state index is 12.7. The second kappa shape index (κ2) is 9.68. The van der Waals surface area contributed by atoms with Gasteiger partial charge in [0, 0.05) is 45.5 Å². The van der Waals surface area contributed by atoms with Crippen LogP contribution in [0.5, 0.6) is 0 Å². The largest absolute Gasteiger partial charge is 0.444 e. The van der Waals surface area contributed by atoms with E-state index in [1.807, 2.05) is 52.0 Å². The number of hydrogen-bond acceptors (Lipinski definition) is 6. The van der Waals surface area contributed by atoms with Gasteiger partial charge >= 0.3 is 6.09 Å². The van der Waals surface area contributed by atoms with Crippen LogP contribution in [0.4, 0.5) is 4.79 Å². The zero-order chi connectivity index (χ0) is 22.5. The van der Waals surface area contributed by atoms with Crippen molar-refractivity contribution in [3.8, 4) is 0 Å². The fourth-order valence-corrected chi connectivity index (χ4v) is 3.70. The first kappa shape index (κ1) is 23.1. The third kappa shape index (κ3) is 6.19. The maximum Gasteiger partial charge on any atom is 0.410 e. The molecule has 1 aromatic rings. The zero-order valence-electron chi connectivity index (χ0n) is 18.9. The number of nitrogens with one attached hydrogen (secondary N) is 1. The molecule has 1 saturated heterocycles. The summed E-state index contributed by atoms with van der Waals surface area (Å²) in [6.45, 7) is 10.1. The molecule has 170 valence electrons. The first-order valence-corrected chi connectivity index (χ1v) is 10.9. The molecule has 1 fully saturated rings. The van der Waals surface area contributed by atoms with Crippen molar-refractivity contribution < 1.29 is 23.9 Å². The van der Waals surface area contributed by atoms with E-state index in [2.05, 4.69) is 10.5 Å². The number of oxime groups is 1. The molecule has 0 radical (unpaired) electrons. The SMILES string of the molecule is CCOCc1ccccc1CNC(=O)C1=NOC2(CCN(C(=O)OC(C)(C)C)CC2)C1. The lowest BCUT2D eigenvalue weighted by atomic mass is 9.87. The Labute approximate surface area is 183 Å². The lowest BCUT2D eigenvalue weighted by Gasteiger charge is -2.37. The number of piperidine rings is 1. The molecule has 8 nitrogen and oxygen atoms in total. The van der Waals surface area contributed by atoms with Gasteiger partial charge in [0.1, 0.15) is 16.9 Å². The van der Waals surface area contributed by atoms with E-state index >= 15 is 0 Å². The molecule has 0 aromatic heterocycles. The normalized spacial score (nSPS) is 17.8. The van der Waals surface area contributed by atoms with Crippen molar-refractivity contribution in [1.29, 1.82) is 0 Å². The molecule has 2 aliphatic rings. The number of rotatable bonds is 6. The molecule has 31 heavy (non-hydrogen) atoms. The predicted molar refractivity (Wildman–Crippen MR) is 117 cm³/mol. The number of benzene rings is 1. The van der Waals surface area contributed by atoms with Crippen LogP contribution in [0.1, 0.15) is 58.1 Å². The summed E-state index contributed by atoms with van der Waals surface area (Å²) in [5, 5.41) is 7.01. The van der Waals surface area contributed by atoms with Crippen LogP contribution in [0, 0.1) is 0 Å². The Hall–Kier alpha value is -2.61. The fourth-order valence-electron chi connectivity index (χ4n) is 3.70. The Morgan fingerprint density at radius 2 is 1.87 bits per heavy atom. The number of amides is 2. The van der Waals surface area contributed by atoms with E-state index in [0.29, 0.717) is 57.8 Å². The van der Waals surface area contributed by atoms with Crippen molar-refractivity contribution in [2.75, 3.05) is 19.7 Å². The van der Waals surface area contributed by atoms with Crippen LogP contribution in [-0.4, -0.2) is 53.5 Å². The molecule has 2 heterocycles. The molecule has 2 aliphatic heterocycles. The maximum atomic E-state index is 12.7. The zero-order valence-corrected chi connectivity index (χ0v) is 18.9. The summed E-state index contributed by atoms with van der Waals surface area (Å²) in [4.78, 5) is 32.3. The second-order valence-corrected chi connectivity index (χ2v) is 9.04. The molecule has 1 spiro atoms. The molecule has 0 saturated carbocycles. The van der Waals surface area contributed by atoms with E-state index in [1.165, 1.54) is 0 Å². The number of likely N-dealkylation sites (tertiary alicyclic amines) is 1. The van der Waals surface area contributed by atoms with Gasteiger partial charge in [-0.2, -0.15) is 0 Å². The highest BCUT2D eigenvalue weighted by molar-refractivity contribution is 6.39. The summed E-state index contributed by atoms with van der Waals surface area (Å²) in [5.41, 5.74) is 1.43. The van der Waals surface area contributed by atoms with Gasteiger partial charge in [-0.3, -0.25) is 4.79 Å². The highest BCUT2D eigenvalue weighted by Crippen LogP contribution is 2.35. The highest BCUT2D eigenvalue weighted by Gasteiger charge is 2.45. The van der Waals surface area contributed by atoms with Gasteiger partial charge in [0.25, 0.3) is 5.91 Å². The van der Waals surface area contributed by atoms with Crippen molar-refractivity contribution in [3.05, 3.63) is 35.4 Å². The summed E-state index contributed by atoms with van der Waals surface area (Å²) < 4.78 is 10.9. The summed E-state index contributed by atoms with van der Waals surface area (Å²) in [5.74, 6) is -0.224. The van der Waals surface area contributed by atoms with Crippen LogP contribution in [0.3, 0.4) is 0 Å². The predicted octanol–water partition coefficient (Wildman–Crippen LogP) is 3.39. The minimum atomic E-state index is -0.522. The Kier molecular flexibility index (Phi) is 7.20. The molecular weight excluding hydrogens is 398 g/mol. The molecule has 1 aromatic carbocycles. The first-order chi connectivity index (χ1) is 14.7. The van der Waals surface area contributed by atoms with Gasteiger partial charge in [0.15, 0.2) is 0 Å². The topological polar surface area (TPSA) is 89.5 Å². The number of ether oxygens (including phenoxy) is 2. The molecule has 8 heteroatoms. The Morgan fingerprint density at radius 1 is 1.19 bits per heavy atom. The average Bonchev–Trinajstić information content (AvgIpc) is 3.14. The van der Waals surface area contributed by atoms with Crippen molar-refractivity contribution in [2.24, 2.45) is 5.16 Å². The number of carbonyl (C=O) groups excluding carboxylic acids is 2. The van der Waals surface area contributed by atoms with Crippen molar-refractivity contribution in [2.45, 2.75) is 71.3 Å². The van der Waals surface area contributed by atoms with Crippen molar-refractivity contribution in [1.82, 2.24) is 10.2 Å². The monoisotopic (exact) mass is 431 g/mol. The molecule has 0 aliphatic carbocycles. The average molecular weight is 432 g/mol. The van der Waals surface area contributed by atoms with E-state index in [4.69, 9.17) is 14.3 Å². The summed E-state index contributed by atoms with van der Waals surface area (Å²) in [6.07, 6.45) is 1.36. The van der Waals surface area contributed by atoms with Gasteiger partial charge in [-0.15, -0.1) is 0 Å². The highest BCUT2D eigenvalue weighted by atomic mass is 16.7. The van der Waals surface area contributed by atoms with Gasteiger partial charge < -0.3 is 24.5 Å². The van der Waals surface area contributed by atoms with E-state index in [1.54, 1.807) is 4.90 Å². The number of nitrogens with zero attached hydrogens (tertiary/aromatic N) is 2. The molecule has 1 N–H and O–H groups in total. The van der Waals surface area contributed by atoms with E-state index in [9.17, 15) is 9.59 Å². The van der Waals surface area contributed by atoms with Gasteiger partial charge in [0.2, 0.25) is 0 Å². The quantitative estimate of drug-likeness (QED) is 0.746.